The van der Waals surface area contributed by atoms with Crippen molar-refractivity contribution in [2.24, 2.45) is 0 Å². The molecule has 5 heteroatoms. The van der Waals surface area contributed by atoms with Crippen molar-refractivity contribution >= 4 is 22.9 Å². The lowest BCUT2D eigenvalue weighted by Gasteiger charge is -2.09. The summed E-state index contributed by atoms with van der Waals surface area (Å²) in [5.74, 6) is 0.502. The Morgan fingerprint density at radius 2 is 1.70 bits per heavy atom. The predicted octanol–water partition coefficient (Wildman–Crippen LogP) is 6.11. The highest BCUT2D eigenvalue weighted by Gasteiger charge is 2.08. The molecular formula is C25H22N2O2S. The van der Waals surface area contributed by atoms with E-state index in [4.69, 9.17) is 9.72 Å². The standard InChI is InChI=1S/C25H22N2O2S/c1-17-8-13-22(14-18(17)2)29-15-24(28)26-21-11-9-19(10-12-21)23-16-30-25(27-23)20-6-4-3-5-7-20/h3-14,16H,15H2,1-2H3,(H,26,28). The van der Waals surface area contributed by atoms with Gasteiger partial charge in [-0.1, -0.05) is 48.5 Å². The van der Waals surface area contributed by atoms with E-state index < -0.39 is 0 Å². The van der Waals surface area contributed by atoms with Gasteiger partial charge >= 0.3 is 0 Å². The van der Waals surface area contributed by atoms with Crippen molar-refractivity contribution in [3.05, 3.63) is 89.3 Å². The van der Waals surface area contributed by atoms with Crippen LogP contribution in [0.15, 0.2) is 78.2 Å². The van der Waals surface area contributed by atoms with Gasteiger partial charge in [0.2, 0.25) is 0 Å². The highest BCUT2D eigenvalue weighted by atomic mass is 32.1. The maximum atomic E-state index is 12.2. The van der Waals surface area contributed by atoms with Gasteiger partial charge in [0.25, 0.3) is 5.91 Å². The maximum Gasteiger partial charge on any atom is 0.262 e. The van der Waals surface area contributed by atoms with Crippen molar-refractivity contribution in [3.63, 3.8) is 0 Å². The average Bonchev–Trinajstić information content (AvgIpc) is 3.26. The van der Waals surface area contributed by atoms with Gasteiger partial charge in [-0.3, -0.25) is 4.79 Å². The summed E-state index contributed by atoms with van der Waals surface area (Å²) in [6, 6.07) is 23.6. The monoisotopic (exact) mass is 414 g/mol. The van der Waals surface area contributed by atoms with Crippen molar-refractivity contribution in [2.45, 2.75) is 13.8 Å². The average molecular weight is 415 g/mol. The van der Waals surface area contributed by atoms with Gasteiger partial charge in [-0.05, 0) is 49.2 Å². The lowest BCUT2D eigenvalue weighted by Crippen LogP contribution is -2.20. The van der Waals surface area contributed by atoms with Crippen molar-refractivity contribution in [1.82, 2.24) is 4.98 Å². The highest BCUT2D eigenvalue weighted by molar-refractivity contribution is 7.13. The molecule has 3 aromatic carbocycles. The van der Waals surface area contributed by atoms with E-state index in [2.05, 4.69) is 17.4 Å². The summed E-state index contributed by atoms with van der Waals surface area (Å²) >= 11 is 1.62. The minimum absolute atomic E-state index is 0.0310. The Balaban J connectivity index is 1.36. The number of amides is 1. The minimum atomic E-state index is -0.194. The van der Waals surface area contributed by atoms with Gasteiger partial charge in [-0.15, -0.1) is 11.3 Å². The van der Waals surface area contributed by atoms with Crippen molar-refractivity contribution in [3.8, 4) is 27.6 Å². The Labute approximate surface area is 180 Å². The topological polar surface area (TPSA) is 51.2 Å². The molecule has 0 saturated carbocycles. The first-order valence-corrected chi connectivity index (χ1v) is 10.6. The zero-order chi connectivity index (χ0) is 20.9. The second-order valence-electron chi connectivity index (χ2n) is 7.06. The molecule has 4 aromatic rings. The van der Waals surface area contributed by atoms with Crippen LogP contribution in [0.4, 0.5) is 5.69 Å². The van der Waals surface area contributed by atoms with E-state index in [1.165, 1.54) is 5.56 Å². The second kappa shape index (κ2) is 8.93. The number of nitrogens with zero attached hydrogens (tertiary/aromatic N) is 1. The van der Waals surface area contributed by atoms with E-state index in [9.17, 15) is 4.79 Å². The molecule has 0 atom stereocenters. The molecule has 4 nitrogen and oxygen atoms in total. The SMILES string of the molecule is Cc1ccc(OCC(=O)Nc2ccc(-c3csc(-c4ccccc4)n3)cc2)cc1C. The second-order valence-corrected chi connectivity index (χ2v) is 7.92. The number of hydrogen-bond donors (Lipinski definition) is 1. The fourth-order valence-electron chi connectivity index (χ4n) is 2.99. The molecule has 0 aliphatic rings. The van der Waals surface area contributed by atoms with Crippen LogP contribution >= 0.6 is 11.3 Å². The van der Waals surface area contributed by atoms with Crippen LogP contribution in [0.1, 0.15) is 11.1 Å². The van der Waals surface area contributed by atoms with Gasteiger partial charge in [0.15, 0.2) is 6.61 Å². The summed E-state index contributed by atoms with van der Waals surface area (Å²) in [6.45, 7) is 4.04. The number of thiazole rings is 1. The Bertz CT molecular complexity index is 1150. The molecule has 0 radical (unpaired) electrons. The zero-order valence-corrected chi connectivity index (χ0v) is 17.7. The lowest BCUT2D eigenvalue weighted by atomic mass is 10.1. The number of aryl methyl sites for hydroxylation is 2. The molecule has 30 heavy (non-hydrogen) atoms. The number of carbonyl (C=O) groups excluding carboxylic acids is 1. The molecule has 150 valence electrons. The van der Waals surface area contributed by atoms with E-state index in [0.717, 1.165) is 33.1 Å². The number of benzene rings is 3. The maximum absolute atomic E-state index is 12.2. The van der Waals surface area contributed by atoms with Gasteiger partial charge in [0.1, 0.15) is 10.8 Å². The molecule has 0 aliphatic carbocycles. The molecule has 1 N–H and O–H groups in total. The van der Waals surface area contributed by atoms with Crippen LogP contribution in [0.2, 0.25) is 0 Å². The number of anilines is 1. The number of aromatic nitrogens is 1. The van der Waals surface area contributed by atoms with Crippen LogP contribution in [-0.4, -0.2) is 17.5 Å². The number of carbonyl (C=O) groups is 1. The van der Waals surface area contributed by atoms with Gasteiger partial charge in [0, 0.05) is 22.2 Å². The number of nitrogens with one attached hydrogen (secondary N) is 1. The summed E-state index contributed by atoms with van der Waals surface area (Å²) in [6.07, 6.45) is 0. The van der Waals surface area contributed by atoms with Crippen LogP contribution in [0.3, 0.4) is 0 Å². The quantitative estimate of drug-likeness (QED) is 0.414. The van der Waals surface area contributed by atoms with Gasteiger partial charge in [-0.2, -0.15) is 0 Å². The molecule has 0 bridgehead atoms. The molecule has 0 saturated heterocycles. The largest absolute Gasteiger partial charge is 0.484 e. The van der Waals surface area contributed by atoms with Gasteiger partial charge < -0.3 is 10.1 Å². The summed E-state index contributed by atoms with van der Waals surface area (Å²) < 4.78 is 5.59. The van der Waals surface area contributed by atoms with Crippen LogP contribution in [-0.2, 0) is 4.79 Å². The van der Waals surface area contributed by atoms with Crippen LogP contribution < -0.4 is 10.1 Å². The van der Waals surface area contributed by atoms with Crippen LogP contribution in [0.5, 0.6) is 5.75 Å². The van der Waals surface area contributed by atoms with E-state index in [1.807, 2.05) is 79.9 Å². The van der Waals surface area contributed by atoms with Gasteiger partial charge in [0.05, 0.1) is 5.69 Å². The first-order chi connectivity index (χ1) is 14.6. The van der Waals surface area contributed by atoms with Gasteiger partial charge in [-0.25, -0.2) is 4.98 Å². The van der Waals surface area contributed by atoms with E-state index in [1.54, 1.807) is 11.3 Å². The third-order valence-electron chi connectivity index (χ3n) is 4.84. The van der Waals surface area contributed by atoms with E-state index in [-0.39, 0.29) is 12.5 Å². The number of ether oxygens (including phenoxy) is 1. The van der Waals surface area contributed by atoms with E-state index >= 15 is 0 Å². The molecule has 4 rings (SSSR count). The number of rotatable bonds is 6. The van der Waals surface area contributed by atoms with Crippen molar-refractivity contribution in [2.75, 3.05) is 11.9 Å². The van der Waals surface area contributed by atoms with Crippen molar-refractivity contribution < 1.29 is 9.53 Å². The Morgan fingerprint density at radius 3 is 2.43 bits per heavy atom. The Kier molecular flexibility index (Phi) is 5.91. The predicted molar refractivity (Wildman–Crippen MR) is 123 cm³/mol. The summed E-state index contributed by atoms with van der Waals surface area (Å²) in [7, 11) is 0. The zero-order valence-electron chi connectivity index (χ0n) is 16.9. The van der Waals surface area contributed by atoms with Crippen LogP contribution in [0.25, 0.3) is 21.8 Å². The third-order valence-corrected chi connectivity index (χ3v) is 5.73. The highest BCUT2D eigenvalue weighted by Crippen LogP contribution is 2.29. The molecule has 1 amide bonds. The fourth-order valence-corrected chi connectivity index (χ4v) is 3.83. The Hall–Kier alpha value is -3.44. The summed E-state index contributed by atoms with van der Waals surface area (Å²) in [5, 5.41) is 5.91. The molecule has 0 fully saturated rings. The van der Waals surface area contributed by atoms with Crippen LogP contribution in [0, 0.1) is 13.8 Å². The summed E-state index contributed by atoms with van der Waals surface area (Å²) in [5.41, 5.74) is 6.11. The third kappa shape index (κ3) is 4.75. The fraction of sp³-hybridized carbons (Fsp3) is 0.120. The lowest BCUT2D eigenvalue weighted by molar-refractivity contribution is -0.118. The first-order valence-electron chi connectivity index (χ1n) is 9.70. The normalized spacial score (nSPS) is 10.6. The minimum Gasteiger partial charge on any atom is -0.484 e. The van der Waals surface area contributed by atoms with E-state index in [0.29, 0.717) is 5.75 Å². The number of hydrogen-bond acceptors (Lipinski definition) is 4. The molecular weight excluding hydrogens is 392 g/mol. The molecule has 1 aromatic heterocycles. The first kappa shape index (κ1) is 19.9. The Morgan fingerprint density at radius 1 is 0.933 bits per heavy atom. The summed E-state index contributed by atoms with van der Waals surface area (Å²) in [4.78, 5) is 16.9. The molecule has 0 spiro atoms. The molecule has 0 aliphatic heterocycles. The smallest absolute Gasteiger partial charge is 0.262 e. The molecule has 1 heterocycles. The molecule has 0 unspecified atom stereocenters. The van der Waals surface area contributed by atoms with Crippen molar-refractivity contribution in [1.29, 1.82) is 0 Å².